The van der Waals surface area contributed by atoms with Crippen molar-refractivity contribution in [3.63, 3.8) is 0 Å². The Morgan fingerprint density at radius 3 is 2.57 bits per heavy atom. The summed E-state index contributed by atoms with van der Waals surface area (Å²) < 4.78 is 47.2. The zero-order chi connectivity index (χ0) is 27.2. The number of halogens is 3. The number of hydrogen-bond acceptors (Lipinski definition) is 9. The van der Waals surface area contributed by atoms with Crippen LogP contribution in [0.3, 0.4) is 0 Å². The number of ether oxygens (including phenoxy) is 1. The molecule has 2 unspecified atom stereocenters. The molecule has 37 heavy (non-hydrogen) atoms. The number of amidine groups is 1. The highest BCUT2D eigenvalue weighted by atomic mass is 32.1. The monoisotopic (exact) mass is 540 g/mol. The Labute approximate surface area is 215 Å². The summed E-state index contributed by atoms with van der Waals surface area (Å²) in [6, 6.07) is 2.11. The average molecular weight is 541 g/mol. The first-order valence-corrected chi connectivity index (χ1v) is 12.4. The third-order valence-corrected chi connectivity index (χ3v) is 6.37. The number of carbonyl (C=O) groups excluding carboxylic acids is 1. The molecule has 0 bridgehead atoms. The van der Waals surface area contributed by atoms with E-state index in [-0.39, 0.29) is 42.4 Å². The molecule has 9 nitrogen and oxygen atoms in total. The number of rotatable bonds is 11. The van der Waals surface area contributed by atoms with Crippen molar-refractivity contribution in [1.82, 2.24) is 15.2 Å². The van der Waals surface area contributed by atoms with Crippen molar-refractivity contribution in [3.8, 4) is 0 Å². The minimum Gasteiger partial charge on any atom is -0.480 e. The van der Waals surface area contributed by atoms with Gasteiger partial charge in [0.1, 0.15) is 12.1 Å². The number of aromatic nitrogens is 1. The van der Waals surface area contributed by atoms with Crippen LogP contribution < -0.4 is 5.32 Å². The van der Waals surface area contributed by atoms with Crippen LogP contribution in [0.2, 0.25) is 0 Å². The molecule has 0 saturated carbocycles. The number of aliphatic hydroxyl groups is 1. The second-order valence-corrected chi connectivity index (χ2v) is 8.94. The Balaban J connectivity index is 2.25. The molecule has 1 aliphatic rings. The Morgan fingerprint density at radius 2 is 2.00 bits per heavy atom. The summed E-state index contributed by atoms with van der Waals surface area (Å²) in [5, 5.41) is 24.4. The molecular formula is C24H27F3N4O5S. The van der Waals surface area contributed by atoms with Gasteiger partial charge in [0.2, 0.25) is 0 Å². The molecule has 0 radical (unpaired) electrons. The van der Waals surface area contributed by atoms with Crippen LogP contribution in [0, 0.1) is 0 Å². The lowest BCUT2D eigenvalue weighted by Gasteiger charge is -2.33. The van der Waals surface area contributed by atoms with Gasteiger partial charge in [-0.1, -0.05) is 25.1 Å². The number of nitrogens with one attached hydrogen (secondary N) is 1. The molecular weight excluding hydrogens is 513 g/mol. The van der Waals surface area contributed by atoms with Gasteiger partial charge in [-0.05, 0) is 31.5 Å². The Morgan fingerprint density at radius 1 is 1.27 bits per heavy atom. The number of carbonyl (C=O) groups is 2. The van der Waals surface area contributed by atoms with Crippen LogP contribution >= 0.6 is 11.3 Å². The van der Waals surface area contributed by atoms with Crippen LogP contribution in [0.5, 0.6) is 0 Å². The first-order chi connectivity index (χ1) is 17.6. The van der Waals surface area contributed by atoms with Crippen molar-refractivity contribution in [2.75, 3.05) is 26.3 Å². The SMILES string of the molecule is CCCN(CC1=C(C(=O)OCC)C(c2ccccc2C(F)(F)F)N=C(c2nccs2)N1)C(CO)C(=O)O. The number of thiazole rings is 1. The maximum absolute atomic E-state index is 14.0. The second kappa shape index (κ2) is 12.3. The van der Waals surface area contributed by atoms with Crippen LogP contribution in [0.25, 0.3) is 0 Å². The summed E-state index contributed by atoms with van der Waals surface area (Å²) >= 11 is 1.19. The van der Waals surface area contributed by atoms with Crippen molar-refractivity contribution in [3.05, 3.63) is 63.2 Å². The van der Waals surface area contributed by atoms with Gasteiger partial charge in [0.25, 0.3) is 0 Å². The average Bonchev–Trinajstić information content (AvgIpc) is 3.38. The number of aliphatic hydroxyl groups excluding tert-OH is 1. The number of nitrogens with zero attached hydrogens (tertiary/aromatic N) is 3. The molecule has 0 spiro atoms. The minimum atomic E-state index is -4.72. The van der Waals surface area contributed by atoms with E-state index in [1.54, 1.807) is 12.3 Å². The van der Waals surface area contributed by atoms with E-state index in [1.807, 2.05) is 6.92 Å². The van der Waals surface area contributed by atoms with Crippen molar-refractivity contribution in [2.45, 2.75) is 38.5 Å². The minimum absolute atomic E-state index is 0.0423. The lowest BCUT2D eigenvalue weighted by atomic mass is 9.91. The number of benzene rings is 1. The summed E-state index contributed by atoms with van der Waals surface area (Å²) in [6.07, 6.45) is -2.71. The van der Waals surface area contributed by atoms with Crippen LogP contribution in [0.4, 0.5) is 13.2 Å². The van der Waals surface area contributed by atoms with E-state index < -0.39 is 42.4 Å². The van der Waals surface area contributed by atoms with Gasteiger partial charge in [-0.25, -0.2) is 9.78 Å². The lowest BCUT2D eigenvalue weighted by molar-refractivity contribution is -0.144. The fraction of sp³-hybridized carbons (Fsp3) is 0.417. The smallest absolute Gasteiger partial charge is 0.416 e. The summed E-state index contributed by atoms with van der Waals surface area (Å²) in [5.41, 5.74) is -1.28. The largest absolute Gasteiger partial charge is 0.480 e. The third-order valence-electron chi connectivity index (χ3n) is 5.59. The molecule has 2 atom stereocenters. The maximum Gasteiger partial charge on any atom is 0.416 e. The van der Waals surface area contributed by atoms with Gasteiger partial charge in [0.15, 0.2) is 10.8 Å². The number of carboxylic acid groups (broad SMARTS) is 1. The van der Waals surface area contributed by atoms with Gasteiger partial charge in [-0.15, -0.1) is 11.3 Å². The van der Waals surface area contributed by atoms with E-state index in [9.17, 15) is 33.0 Å². The number of esters is 1. The molecule has 1 aromatic heterocycles. The lowest BCUT2D eigenvalue weighted by Crippen LogP contribution is -2.48. The molecule has 1 aromatic carbocycles. The summed E-state index contributed by atoms with van der Waals surface area (Å²) in [4.78, 5) is 35.1. The van der Waals surface area contributed by atoms with E-state index in [2.05, 4.69) is 15.3 Å². The fourth-order valence-electron chi connectivity index (χ4n) is 4.02. The molecule has 2 heterocycles. The summed E-state index contributed by atoms with van der Waals surface area (Å²) in [6.45, 7) is 2.65. The zero-order valence-electron chi connectivity index (χ0n) is 20.2. The number of aliphatic carboxylic acids is 1. The van der Waals surface area contributed by atoms with Gasteiger partial charge in [-0.2, -0.15) is 13.2 Å². The topological polar surface area (TPSA) is 124 Å². The Bertz CT molecular complexity index is 1170. The normalized spacial score (nSPS) is 16.8. The van der Waals surface area contributed by atoms with Crippen molar-refractivity contribution in [1.29, 1.82) is 0 Å². The molecule has 13 heteroatoms. The third kappa shape index (κ3) is 6.53. The molecule has 0 aliphatic carbocycles. The first kappa shape index (κ1) is 28.3. The molecule has 0 fully saturated rings. The molecule has 0 amide bonds. The van der Waals surface area contributed by atoms with Gasteiger partial charge >= 0.3 is 18.1 Å². The summed E-state index contributed by atoms with van der Waals surface area (Å²) in [7, 11) is 0. The van der Waals surface area contributed by atoms with E-state index >= 15 is 0 Å². The van der Waals surface area contributed by atoms with Crippen LogP contribution in [-0.2, 0) is 20.5 Å². The molecule has 2 aromatic rings. The van der Waals surface area contributed by atoms with Gasteiger partial charge < -0.3 is 20.3 Å². The standard InChI is InChI=1S/C24H27F3N4O5S/c1-3-10-31(17(13-32)22(33)34)12-16-18(23(35)36-4-2)19(30-20(29-16)21-28-9-11-37-21)14-7-5-6-8-15(14)24(25,26)27/h5-9,11,17,19,32H,3-4,10,12-13H2,1-2H3,(H,29,30)(H,33,34). The number of carboxylic acids is 1. The van der Waals surface area contributed by atoms with Gasteiger partial charge in [0.05, 0.1) is 24.4 Å². The van der Waals surface area contributed by atoms with Crippen LogP contribution in [0.1, 0.15) is 42.4 Å². The van der Waals surface area contributed by atoms with E-state index in [0.717, 1.165) is 6.07 Å². The van der Waals surface area contributed by atoms with E-state index in [1.165, 1.54) is 40.6 Å². The highest BCUT2D eigenvalue weighted by Crippen LogP contribution is 2.40. The van der Waals surface area contributed by atoms with Crippen molar-refractivity contribution >= 4 is 29.1 Å². The quantitative estimate of drug-likeness (QED) is 0.371. The van der Waals surface area contributed by atoms with Crippen LogP contribution in [-0.4, -0.2) is 70.2 Å². The molecule has 3 rings (SSSR count). The van der Waals surface area contributed by atoms with E-state index in [0.29, 0.717) is 11.4 Å². The predicted molar refractivity (Wildman–Crippen MR) is 130 cm³/mol. The van der Waals surface area contributed by atoms with Crippen LogP contribution in [0.15, 0.2) is 52.1 Å². The molecule has 3 N–H and O–H groups in total. The van der Waals surface area contributed by atoms with Gasteiger partial charge in [-0.3, -0.25) is 14.7 Å². The maximum atomic E-state index is 14.0. The van der Waals surface area contributed by atoms with Gasteiger partial charge in [0, 0.05) is 23.8 Å². The van der Waals surface area contributed by atoms with Crippen molar-refractivity contribution in [2.24, 2.45) is 4.99 Å². The highest BCUT2D eigenvalue weighted by Gasteiger charge is 2.40. The fourth-order valence-corrected chi connectivity index (χ4v) is 4.61. The predicted octanol–water partition coefficient (Wildman–Crippen LogP) is 3.23. The summed E-state index contributed by atoms with van der Waals surface area (Å²) in [5.74, 6) is -2.04. The van der Waals surface area contributed by atoms with E-state index in [4.69, 9.17) is 4.74 Å². The molecule has 1 aliphatic heterocycles. The highest BCUT2D eigenvalue weighted by molar-refractivity contribution is 7.11. The zero-order valence-corrected chi connectivity index (χ0v) is 21.0. The number of alkyl halides is 3. The Kier molecular flexibility index (Phi) is 9.40. The Hall–Kier alpha value is -3.29. The number of aliphatic imine (C=N–C) groups is 1. The first-order valence-electron chi connectivity index (χ1n) is 11.5. The van der Waals surface area contributed by atoms with Crippen molar-refractivity contribution < 1.29 is 37.7 Å². The molecule has 0 saturated heterocycles. The number of hydrogen-bond donors (Lipinski definition) is 3. The second-order valence-electron chi connectivity index (χ2n) is 8.05. The molecule has 200 valence electrons.